The van der Waals surface area contributed by atoms with Gasteiger partial charge >= 0.3 is 5.97 Å². The van der Waals surface area contributed by atoms with Gasteiger partial charge in [0.15, 0.2) is 0 Å². The third kappa shape index (κ3) is 3.14. The lowest BCUT2D eigenvalue weighted by molar-refractivity contribution is 0.0697. The molecule has 0 saturated carbocycles. The van der Waals surface area contributed by atoms with E-state index in [1.165, 1.54) is 13.0 Å². The minimum Gasteiger partial charge on any atom is -0.478 e. The third-order valence-electron chi connectivity index (χ3n) is 2.49. The van der Waals surface area contributed by atoms with Crippen LogP contribution in [0.5, 0.6) is 0 Å². The van der Waals surface area contributed by atoms with Gasteiger partial charge in [-0.25, -0.2) is 17.6 Å². The molecule has 6 nitrogen and oxygen atoms in total. The van der Waals surface area contributed by atoms with Crippen molar-refractivity contribution in [3.8, 4) is 0 Å². The van der Waals surface area contributed by atoms with Crippen molar-refractivity contribution < 1.29 is 22.7 Å². The highest BCUT2D eigenvalue weighted by Crippen LogP contribution is 2.28. The summed E-state index contributed by atoms with van der Waals surface area (Å²) in [7, 11) is -4.28. The number of hydrogen-bond acceptors (Lipinski definition) is 5. The van der Waals surface area contributed by atoms with Gasteiger partial charge in [0.2, 0.25) is 0 Å². The van der Waals surface area contributed by atoms with E-state index >= 15 is 0 Å². The van der Waals surface area contributed by atoms with Crippen LogP contribution >= 0.6 is 23.1 Å². The fraction of sp³-hybridized carbons (Fsp3) is 0.0909. The number of benzene rings is 1. The minimum absolute atomic E-state index is 0.0475. The van der Waals surface area contributed by atoms with Crippen molar-refractivity contribution in [2.24, 2.45) is 0 Å². The molecule has 0 aliphatic carbocycles. The highest BCUT2D eigenvalue weighted by Gasteiger charge is 2.25. The van der Waals surface area contributed by atoms with Crippen LogP contribution in [0.1, 0.15) is 16.1 Å². The number of hydrogen-bond donors (Lipinski definition) is 2. The van der Waals surface area contributed by atoms with E-state index in [0.717, 1.165) is 12.1 Å². The third-order valence-corrected chi connectivity index (χ3v) is 5.09. The van der Waals surface area contributed by atoms with Crippen LogP contribution in [0, 0.1) is 12.7 Å². The van der Waals surface area contributed by atoms with Crippen molar-refractivity contribution in [3.63, 3.8) is 0 Å². The van der Waals surface area contributed by atoms with Gasteiger partial charge in [-0.1, -0.05) is 11.6 Å². The number of aromatic carboxylic acids is 1. The number of aromatic nitrogens is 1. The molecule has 2 aromatic rings. The Morgan fingerprint density at radius 1 is 1.48 bits per heavy atom. The van der Waals surface area contributed by atoms with Crippen LogP contribution in [0.25, 0.3) is 0 Å². The summed E-state index contributed by atoms with van der Waals surface area (Å²) in [6, 6.07) is 3.07. The minimum atomic E-state index is -4.28. The van der Waals surface area contributed by atoms with E-state index in [1.807, 2.05) is 4.72 Å². The number of rotatable bonds is 4. The Morgan fingerprint density at radius 3 is 2.71 bits per heavy atom. The van der Waals surface area contributed by atoms with Gasteiger partial charge in [0.05, 0.1) is 5.69 Å². The number of anilines is 1. The molecule has 2 N–H and O–H groups in total. The summed E-state index contributed by atoms with van der Waals surface area (Å²) in [5.41, 5.74) is -0.0975. The Morgan fingerprint density at radius 2 is 2.14 bits per heavy atom. The molecule has 0 radical (unpaired) electrons. The maximum Gasteiger partial charge on any atom is 0.340 e. The molecular weight excluding hydrogens is 343 g/mol. The predicted molar refractivity (Wildman–Crippen MR) is 76.0 cm³/mol. The smallest absolute Gasteiger partial charge is 0.340 e. The van der Waals surface area contributed by atoms with Gasteiger partial charge in [0.1, 0.15) is 21.3 Å². The van der Waals surface area contributed by atoms with Crippen molar-refractivity contribution in [2.75, 3.05) is 4.72 Å². The van der Waals surface area contributed by atoms with E-state index in [4.69, 9.17) is 16.7 Å². The van der Waals surface area contributed by atoms with Gasteiger partial charge in [-0.2, -0.15) is 4.37 Å². The first-order valence-corrected chi connectivity index (χ1v) is 8.03. The number of nitrogens with zero attached hydrogens (tertiary/aromatic N) is 1. The molecule has 1 aromatic heterocycles. The van der Waals surface area contributed by atoms with Crippen LogP contribution in [0.4, 0.5) is 9.39 Å². The zero-order chi connectivity index (χ0) is 15.8. The fourth-order valence-corrected chi connectivity index (χ4v) is 3.86. The van der Waals surface area contributed by atoms with E-state index in [1.54, 1.807) is 0 Å². The van der Waals surface area contributed by atoms with Gasteiger partial charge in [-0.3, -0.25) is 4.72 Å². The van der Waals surface area contributed by atoms with Crippen molar-refractivity contribution >= 4 is 44.1 Å². The molecule has 1 aromatic carbocycles. The molecule has 0 spiro atoms. The Hall–Kier alpha value is -1.71. The Bertz CT molecular complexity index is 820. The van der Waals surface area contributed by atoms with Crippen LogP contribution in [0.2, 0.25) is 5.02 Å². The number of carboxylic acids is 1. The first-order valence-electron chi connectivity index (χ1n) is 5.40. The van der Waals surface area contributed by atoms with Crippen LogP contribution in [0.3, 0.4) is 0 Å². The van der Waals surface area contributed by atoms with E-state index in [0.29, 0.717) is 11.5 Å². The lowest BCUT2D eigenvalue weighted by atomic mass is 10.2. The molecule has 0 saturated heterocycles. The Kier molecular flexibility index (Phi) is 4.17. The standard InChI is InChI=1S/C11H8ClFN2O4S2/c1-5-9(11(16)17)10(20-14-5)15-21(18,19)8-3-2-6(12)4-7(8)13/h2-4,15H,1H3,(H,16,17). The summed E-state index contributed by atoms with van der Waals surface area (Å²) >= 11 is 6.22. The summed E-state index contributed by atoms with van der Waals surface area (Å²) in [4.78, 5) is 10.4. The van der Waals surface area contributed by atoms with Gasteiger partial charge in [0, 0.05) is 5.02 Å². The highest BCUT2D eigenvalue weighted by atomic mass is 35.5. The zero-order valence-corrected chi connectivity index (χ0v) is 12.8. The number of aryl methyl sites for hydroxylation is 1. The summed E-state index contributed by atoms with van der Waals surface area (Å²) in [5.74, 6) is -2.36. The van der Waals surface area contributed by atoms with E-state index < -0.39 is 26.7 Å². The Labute approximate surface area is 128 Å². The Balaban J connectivity index is 2.45. The molecule has 0 fully saturated rings. The van der Waals surface area contributed by atoms with Crippen molar-refractivity contribution in [1.82, 2.24) is 4.37 Å². The summed E-state index contributed by atoms with van der Waals surface area (Å²) < 4.78 is 43.7. The molecule has 2 rings (SSSR count). The normalized spacial score (nSPS) is 11.4. The number of carboxylic acid groups (broad SMARTS) is 1. The SMILES string of the molecule is Cc1nsc(NS(=O)(=O)c2ccc(Cl)cc2F)c1C(=O)O. The van der Waals surface area contributed by atoms with Crippen molar-refractivity contribution in [1.29, 1.82) is 0 Å². The quantitative estimate of drug-likeness (QED) is 0.883. The summed E-state index contributed by atoms with van der Waals surface area (Å²) in [6.45, 7) is 1.43. The van der Waals surface area contributed by atoms with Crippen LogP contribution in [0.15, 0.2) is 23.1 Å². The number of halogens is 2. The van der Waals surface area contributed by atoms with Gasteiger partial charge in [-0.15, -0.1) is 0 Å². The average Bonchev–Trinajstić information content (AvgIpc) is 2.68. The van der Waals surface area contributed by atoms with Gasteiger partial charge in [0.25, 0.3) is 10.0 Å². The van der Waals surface area contributed by atoms with E-state index in [2.05, 4.69) is 4.37 Å². The van der Waals surface area contributed by atoms with Crippen molar-refractivity contribution in [3.05, 3.63) is 40.3 Å². The van der Waals surface area contributed by atoms with Crippen LogP contribution < -0.4 is 4.72 Å². The lowest BCUT2D eigenvalue weighted by Crippen LogP contribution is -2.15. The summed E-state index contributed by atoms with van der Waals surface area (Å²) in [5, 5.41) is 8.90. The zero-order valence-electron chi connectivity index (χ0n) is 10.4. The van der Waals surface area contributed by atoms with E-state index in [-0.39, 0.29) is 21.3 Å². The number of carbonyl (C=O) groups is 1. The van der Waals surface area contributed by atoms with Crippen LogP contribution in [-0.4, -0.2) is 23.9 Å². The highest BCUT2D eigenvalue weighted by molar-refractivity contribution is 7.93. The van der Waals surface area contributed by atoms with E-state index in [9.17, 15) is 17.6 Å². The monoisotopic (exact) mass is 350 g/mol. The molecule has 0 atom stereocenters. The molecule has 21 heavy (non-hydrogen) atoms. The van der Waals surface area contributed by atoms with Crippen LogP contribution in [-0.2, 0) is 10.0 Å². The topological polar surface area (TPSA) is 96.4 Å². The fourth-order valence-electron chi connectivity index (χ4n) is 1.56. The molecule has 0 amide bonds. The molecule has 10 heteroatoms. The first-order chi connectivity index (χ1) is 9.72. The largest absolute Gasteiger partial charge is 0.478 e. The number of nitrogens with one attached hydrogen (secondary N) is 1. The maximum absolute atomic E-state index is 13.7. The first kappa shape index (κ1) is 15.7. The number of sulfonamides is 1. The average molecular weight is 351 g/mol. The van der Waals surface area contributed by atoms with Gasteiger partial charge in [-0.05, 0) is 36.7 Å². The van der Waals surface area contributed by atoms with Crippen molar-refractivity contribution in [2.45, 2.75) is 11.8 Å². The predicted octanol–water partition coefficient (Wildman–Crippen LogP) is 2.74. The molecule has 112 valence electrons. The van der Waals surface area contributed by atoms with Gasteiger partial charge < -0.3 is 5.11 Å². The molecule has 0 aliphatic rings. The molecular formula is C11H8ClFN2O4S2. The molecule has 0 bridgehead atoms. The molecule has 1 heterocycles. The summed E-state index contributed by atoms with van der Waals surface area (Å²) in [6.07, 6.45) is 0. The molecule has 0 aliphatic heterocycles. The lowest BCUT2D eigenvalue weighted by Gasteiger charge is -2.08. The molecule has 0 unspecified atom stereocenters. The second-order valence-electron chi connectivity index (χ2n) is 3.96. The maximum atomic E-state index is 13.7. The second-order valence-corrected chi connectivity index (χ2v) is 6.82. The second kappa shape index (κ2) is 5.58.